The fraction of sp³-hybridized carbons (Fsp3) is 0.294. The molecule has 0 unspecified atom stereocenters. The van der Waals surface area contributed by atoms with E-state index in [9.17, 15) is 9.90 Å². The molecule has 0 amide bonds. The SMILES string of the molecule is C=CCn1c(=O)c2cnc(SC)nc2n1-c1cccc(C(C)(C)O)n1. The molecule has 1 N–H and O–H groups in total. The lowest BCUT2D eigenvalue weighted by molar-refractivity contribution is 0.0738. The molecule has 0 fully saturated rings. The zero-order valence-electron chi connectivity index (χ0n) is 14.3. The van der Waals surface area contributed by atoms with E-state index >= 15 is 0 Å². The van der Waals surface area contributed by atoms with Crippen molar-refractivity contribution in [2.24, 2.45) is 0 Å². The summed E-state index contributed by atoms with van der Waals surface area (Å²) in [7, 11) is 0. The molecule has 7 nitrogen and oxygen atoms in total. The van der Waals surface area contributed by atoms with E-state index in [0.717, 1.165) is 0 Å². The summed E-state index contributed by atoms with van der Waals surface area (Å²) in [4.78, 5) is 25.9. The van der Waals surface area contributed by atoms with Gasteiger partial charge in [-0.05, 0) is 32.2 Å². The highest BCUT2D eigenvalue weighted by Gasteiger charge is 2.21. The van der Waals surface area contributed by atoms with Gasteiger partial charge in [-0.15, -0.1) is 6.58 Å². The third-order valence-electron chi connectivity index (χ3n) is 3.72. The van der Waals surface area contributed by atoms with Crippen molar-refractivity contribution in [3.63, 3.8) is 0 Å². The van der Waals surface area contributed by atoms with Crippen molar-refractivity contribution in [2.45, 2.75) is 31.1 Å². The van der Waals surface area contributed by atoms with Gasteiger partial charge in [0.2, 0.25) is 0 Å². The molecule has 0 aliphatic carbocycles. The van der Waals surface area contributed by atoms with Crippen LogP contribution in [0.25, 0.3) is 16.9 Å². The fourth-order valence-corrected chi connectivity index (χ4v) is 2.85. The Morgan fingerprint density at radius 3 is 2.76 bits per heavy atom. The second-order valence-corrected chi connectivity index (χ2v) is 6.80. The van der Waals surface area contributed by atoms with Gasteiger partial charge in [-0.1, -0.05) is 23.9 Å². The molecule has 0 aromatic carbocycles. The number of hydrogen-bond acceptors (Lipinski definition) is 6. The van der Waals surface area contributed by atoms with Crippen molar-refractivity contribution in [1.82, 2.24) is 24.3 Å². The summed E-state index contributed by atoms with van der Waals surface area (Å²) in [5.41, 5.74) is -0.324. The number of hydrogen-bond donors (Lipinski definition) is 1. The Bertz CT molecular complexity index is 1000. The molecule has 0 bridgehead atoms. The third-order valence-corrected chi connectivity index (χ3v) is 4.28. The Balaban J connectivity index is 2.36. The van der Waals surface area contributed by atoms with E-state index in [1.165, 1.54) is 22.6 Å². The Morgan fingerprint density at radius 2 is 2.12 bits per heavy atom. The molecule has 8 heteroatoms. The van der Waals surface area contributed by atoms with Crippen LogP contribution < -0.4 is 5.56 Å². The first-order valence-electron chi connectivity index (χ1n) is 7.70. The largest absolute Gasteiger partial charge is 0.384 e. The number of nitrogens with zero attached hydrogens (tertiary/aromatic N) is 5. The molecule has 0 saturated heterocycles. The molecule has 0 spiro atoms. The third kappa shape index (κ3) is 3.10. The van der Waals surface area contributed by atoms with Crippen molar-refractivity contribution >= 4 is 22.8 Å². The first kappa shape index (κ1) is 17.4. The topological polar surface area (TPSA) is 85.8 Å². The molecule has 3 aromatic heterocycles. The molecule has 3 heterocycles. The van der Waals surface area contributed by atoms with Crippen LogP contribution in [0.1, 0.15) is 19.5 Å². The van der Waals surface area contributed by atoms with Gasteiger partial charge >= 0.3 is 0 Å². The minimum Gasteiger partial charge on any atom is -0.384 e. The Kier molecular flexibility index (Phi) is 4.49. The van der Waals surface area contributed by atoms with Crippen LogP contribution in [0.3, 0.4) is 0 Å². The van der Waals surface area contributed by atoms with E-state index in [0.29, 0.717) is 34.2 Å². The Hall–Kier alpha value is -2.45. The minimum absolute atomic E-state index is 0.210. The van der Waals surface area contributed by atoms with Crippen LogP contribution in [0.4, 0.5) is 0 Å². The van der Waals surface area contributed by atoms with Gasteiger partial charge in [-0.3, -0.25) is 4.79 Å². The smallest absolute Gasteiger partial charge is 0.278 e. The number of allylic oxidation sites excluding steroid dienone is 1. The van der Waals surface area contributed by atoms with Gasteiger partial charge in [0.1, 0.15) is 11.0 Å². The highest BCUT2D eigenvalue weighted by Crippen LogP contribution is 2.21. The van der Waals surface area contributed by atoms with Gasteiger partial charge in [0.05, 0.1) is 12.2 Å². The van der Waals surface area contributed by atoms with E-state index in [-0.39, 0.29) is 5.56 Å². The van der Waals surface area contributed by atoms with Gasteiger partial charge in [-0.25, -0.2) is 24.3 Å². The maximum absolute atomic E-state index is 12.7. The molecule has 25 heavy (non-hydrogen) atoms. The van der Waals surface area contributed by atoms with Crippen molar-refractivity contribution < 1.29 is 5.11 Å². The molecule has 0 aliphatic heterocycles. The Labute approximate surface area is 149 Å². The molecule has 3 rings (SSSR count). The number of thioether (sulfide) groups is 1. The maximum atomic E-state index is 12.7. The van der Waals surface area contributed by atoms with Crippen LogP contribution in [0.5, 0.6) is 0 Å². The fourth-order valence-electron chi connectivity index (χ4n) is 2.51. The number of aromatic nitrogens is 5. The van der Waals surface area contributed by atoms with E-state index in [1.807, 2.05) is 6.26 Å². The normalized spacial score (nSPS) is 11.8. The van der Waals surface area contributed by atoms with Crippen LogP contribution in [0.2, 0.25) is 0 Å². The number of aliphatic hydroxyl groups is 1. The van der Waals surface area contributed by atoms with Crippen LogP contribution >= 0.6 is 11.8 Å². The molecular weight excluding hydrogens is 338 g/mol. The zero-order valence-corrected chi connectivity index (χ0v) is 15.1. The standard InChI is InChI=1S/C17H19N5O2S/c1-5-9-21-15(23)11-10-18-16(25-4)20-14(11)22(21)13-8-6-7-12(19-13)17(2,3)24/h5-8,10,24H,1,9H2,2-4H3. The molecule has 0 aliphatic rings. The van der Waals surface area contributed by atoms with Gasteiger partial charge in [0.15, 0.2) is 16.6 Å². The lowest BCUT2D eigenvalue weighted by Gasteiger charge is -2.18. The molecule has 0 saturated carbocycles. The van der Waals surface area contributed by atoms with Crippen LogP contribution in [0, 0.1) is 0 Å². The van der Waals surface area contributed by atoms with Gasteiger partial charge in [0, 0.05) is 6.20 Å². The molecule has 0 atom stereocenters. The second kappa shape index (κ2) is 6.45. The monoisotopic (exact) mass is 357 g/mol. The highest BCUT2D eigenvalue weighted by atomic mass is 32.2. The molecule has 130 valence electrons. The zero-order chi connectivity index (χ0) is 18.2. The predicted molar refractivity (Wildman–Crippen MR) is 98.1 cm³/mol. The van der Waals surface area contributed by atoms with Crippen LogP contribution in [0.15, 0.2) is 47.0 Å². The number of pyridine rings is 1. The summed E-state index contributed by atoms with van der Waals surface area (Å²) in [5, 5.41) is 11.2. The summed E-state index contributed by atoms with van der Waals surface area (Å²) in [6.45, 7) is 7.35. The number of fused-ring (bicyclic) bond motifs is 1. The quantitative estimate of drug-likeness (QED) is 0.428. The van der Waals surface area contributed by atoms with E-state index in [4.69, 9.17) is 0 Å². The van der Waals surface area contributed by atoms with Crippen molar-refractivity contribution in [3.8, 4) is 5.82 Å². The van der Waals surface area contributed by atoms with Crippen LogP contribution in [-0.2, 0) is 12.1 Å². The van der Waals surface area contributed by atoms with Crippen molar-refractivity contribution in [1.29, 1.82) is 0 Å². The average Bonchev–Trinajstić information content (AvgIpc) is 2.86. The summed E-state index contributed by atoms with van der Waals surface area (Å²) >= 11 is 1.40. The summed E-state index contributed by atoms with van der Waals surface area (Å²) in [5.74, 6) is 0.499. The lowest BCUT2D eigenvalue weighted by Crippen LogP contribution is -2.23. The molecular formula is C17H19N5O2S. The summed E-state index contributed by atoms with van der Waals surface area (Å²) in [6.07, 6.45) is 5.05. The van der Waals surface area contributed by atoms with Crippen LogP contribution in [-0.4, -0.2) is 35.7 Å². The first-order chi connectivity index (χ1) is 11.9. The first-order valence-corrected chi connectivity index (χ1v) is 8.93. The summed E-state index contributed by atoms with van der Waals surface area (Å²) < 4.78 is 3.16. The van der Waals surface area contributed by atoms with Gasteiger partial charge in [-0.2, -0.15) is 0 Å². The highest BCUT2D eigenvalue weighted by molar-refractivity contribution is 7.98. The van der Waals surface area contributed by atoms with E-state index < -0.39 is 5.60 Å². The van der Waals surface area contributed by atoms with Crippen molar-refractivity contribution in [2.75, 3.05) is 6.26 Å². The molecule has 0 radical (unpaired) electrons. The van der Waals surface area contributed by atoms with Gasteiger partial charge < -0.3 is 5.11 Å². The molecule has 3 aromatic rings. The van der Waals surface area contributed by atoms with E-state index in [2.05, 4.69) is 21.5 Å². The van der Waals surface area contributed by atoms with E-state index in [1.54, 1.807) is 42.8 Å². The second-order valence-electron chi connectivity index (χ2n) is 6.02. The summed E-state index contributed by atoms with van der Waals surface area (Å²) in [6, 6.07) is 5.31. The minimum atomic E-state index is -1.10. The predicted octanol–water partition coefficient (Wildman–Crippen LogP) is 2.11. The number of rotatable bonds is 5. The van der Waals surface area contributed by atoms with Gasteiger partial charge in [0.25, 0.3) is 5.56 Å². The Morgan fingerprint density at radius 1 is 1.36 bits per heavy atom. The van der Waals surface area contributed by atoms with Crippen molar-refractivity contribution in [3.05, 3.63) is 53.1 Å². The average molecular weight is 357 g/mol. The maximum Gasteiger partial charge on any atom is 0.278 e. The lowest BCUT2D eigenvalue weighted by atomic mass is 10.1.